The van der Waals surface area contributed by atoms with Crippen LogP contribution in [0.4, 0.5) is 0 Å². The van der Waals surface area contributed by atoms with Gasteiger partial charge in [-0.3, -0.25) is 0 Å². The SMILES string of the molecule is CN(C)S(=O)(=O)n1c([C@@H](OCc2ccccc2)[C@@H](OCc2ccccc2)[C@@H]2COC(C)(C)O2)cnc1[Si](C)(C)C(C)(C)C. The molecule has 1 aromatic heterocycles. The molecule has 1 aliphatic rings. The van der Waals surface area contributed by atoms with Gasteiger partial charge in [0.2, 0.25) is 0 Å². The Bertz CT molecular complexity index is 1450. The van der Waals surface area contributed by atoms with E-state index < -0.39 is 42.4 Å². The van der Waals surface area contributed by atoms with Crippen LogP contribution in [0.15, 0.2) is 66.9 Å². The Morgan fingerprint density at radius 1 is 1.00 bits per heavy atom. The van der Waals surface area contributed by atoms with Gasteiger partial charge in [0, 0.05) is 14.1 Å². The van der Waals surface area contributed by atoms with E-state index in [-0.39, 0.29) is 24.9 Å². The van der Waals surface area contributed by atoms with E-state index in [1.807, 2.05) is 74.5 Å². The molecule has 3 aromatic rings. The highest BCUT2D eigenvalue weighted by Crippen LogP contribution is 2.38. The third-order valence-corrected chi connectivity index (χ3v) is 15.6. The first-order valence-corrected chi connectivity index (χ1v) is 19.1. The molecule has 4 rings (SSSR count). The number of imidazole rings is 1. The van der Waals surface area contributed by atoms with Crippen molar-refractivity contribution in [3.8, 4) is 0 Å². The molecule has 1 aliphatic heterocycles. The number of nitrogens with zero attached hydrogens (tertiary/aromatic N) is 3. The minimum atomic E-state index is -4.00. The number of hydrogen-bond acceptors (Lipinski definition) is 7. The molecular weight excluding hydrogens is 583 g/mol. The maximum atomic E-state index is 14.1. The van der Waals surface area contributed by atoms with Gasteiger partial charge in [0.15, 0.2) is 5.79 Å². The number of aromatic nitrogens is 2. The summed E-state index contributed by atoms with van der Waals surface area (Å²) in [6.07, 6.45) is -0.453. The molecule has 11 heteroatoms. The summed E-state index contributed by atoms with van der Waals surface area (Å²) in [5.41, 5.74) is 2.88. The average molecular weight is 630 g/mol. The molecule has 0 saturated carbocycles. The second-order valence-electron chi connectivity index (χ2n) is 13.3. The maximum absolute atomic E-state index is 14.1. The molecule has 0 aliphatic carbocycles. The Morgan fingerprint density at radius 3 is 2.00 bits per heavy atom. The number of hydrogen-bond donors (Lipinski definition) is 0. The van der Waals surface area contributed by atoms with Gasteiger partial charge >= 0.3 is 10.2 Å². The second kappa shape index (κ2) is 12.9. The van der Waals surface area contributed by atoms with Crippen molar-refractivity contribution in [2.45, 2.75) is 90.1 Å². The predicted molar refractivity (Wildman–Crippen MR) is 171 cm³/mol. The fourth-order valence-corrected chi connectivity index (χ4v) is 8.58. The van der Waals surface area contributed by atoms with Gasteiger partial charge in [0.25, 0.3) is 0 Å². The first-order chi connectivity index (χ1) is 20.0. The normalized spacial score (nSPS) is 19.1. The molecule has 0 amide bonds. The highest BCUT2D eigenvalue weighted by atomic mass is 32.2. The van der Waals surface area contributed by atoms with Crippen LogP contribution >= 0.6 is 0 Å². The van der Waals surface area contributed by atoms with Gasteiger partial charge in [-0.05, 0) is 30.0 Å². The fourth-order valence-electron chi connectivity index (χ4n) is 4.84. The molecule has 0 bridgehead atoms. The van der Waals surface area contributed by atoms with Crippen molar-refractivity contribution in [3.05, 3.63) is 83.7 Å². The summed E-state index contributed by atoms with van der Waals surface area (Å²) >= 11 is 0. The van der Waals surface area contributed by atoms with Crippen molar-refractivity contribution in [2.24, 2.45) is 0 Å². The number of rotatable bonds is 12. The van der Waals surface area contributed by atoms with Gasteiger partial charge in [-0.2, -0.15) is 12.7 Å². The van der Waals surface area contributed by atoms with E-state index in [1.165, 1.54) is 22.4 Å². The minimum absolute atomic E-state index is 0.175. The van der Waals surface area contributed by atoms with Crippen LogP contribution in [0.1, 0.15) is 57.5 Å². The second-order valence-corrected chi connectivity index (χ2v) is 20.5. The van der Waals surface area contributed by atoms with E-state index in [1.54, 1.807) is 6.20 Å². The van der Waals surface area contributed by atoms with Gasteiger partial charge in [-0.1, -0.05) is 94.5 Å². The van der Waals surface area contributed by atoms with Gasteiger partial charge in [0.1, 0.15) is 31.8 Å². The Hall–Kier alpha value is -2.38. The lowest BCUT2D eigenvalue weighted by atomic mass is 10.0. The summed E-state index contributed by atoms with van der Waals surface area (Å²) in [7, 11) is -3.39. The van der Waals surface area contributed by atoms with E-state index >= 15 is 0 Å². The first kappa shape index (κ1) is 33.5. The summed E-state index contributed by atoms with van der Waals surface area (Å²) in [5, 5.41) is -0.175. The quantitative estimate of drug-likeness (QED) is 0.253. The van der Waals surface area contributed by atoms with E-state index in [0.717, 1.165) is 11.1 Å². The molecule has 1 fully saturated rings. The molecule has 2 aromatic carbocycles. The summed E-state index contributed by atoms with van der Waals surface area (Å²) < 4.78 is 56.5. The highest BCUT2D eigenvalue weighted by molar-refractivity contribution is 7.87. The molecule has 0 spiro atoms. The lowest BCUT2D eigenvalue weighted by Gasteiger charge is -2.37. The predicted octanol–water partition coefficient (Wildman–Crippen LogP) is 5.25. The molecular formula is C32H47N3O6SSi. The zero-order valence-corrected chi connectivity index (χ0v) is 28.7. The van der Waals surface area contributed by atoms with Gasteiger partial charge in [-0.25, -0.2) is 8.96 Å². The van der Waals surface area contributed by atoms with Gasteiger partial charge < -0.3 is 18.9 Å². The fraction of sp³-hybridized carbons (Fsp3) is 0.531. The summed E-state index contributed by atoms with van der Waals surface area (Å²) in [6.45, 7) is 15.2. The van der Waals surface area contributed by atoms with E-state index in [0.29, 0.717) is 11.1 Å². The van der Waals surface area contributed by atoms with Crippen LogP contribution in [0.2, 0.25) is 18.1 Å². The van der Waals surface area contributed by atoms with Crippen molar-refractivity contribution in [3.63, 3.8) is 0 Å². The summed E-state index contributed by atoms with van der Waals surface area (Å²) in [4.78, 5) is 4.85. The molecule has 0 unspecified atom stereocenters. The smallest absolute Gasteiger partial charge is 0.308 e. The summed E-state index contributed by atoms with van der Waals surface area (Å²) in [6, 6.07) is 19.6. The van der Waals surface area contributed by atoms with Crippen LogP contribution < -0.4 is 5.45 Å². The monoisotopic (exact) mass is 629 g/mol. The van der Waals surface area contributed by atoms with Crippen molar-refractivity contribution >= 4 is 23.7 Å². The maximum Gasteiger partial charge on any atom is 0.308 e. The molecule has 0 radical (unpaired) electrons. The highest BCUT2D eigenvalue weighted by Gasteiger charge is 2.48. The van der Waals surface area contributed by atoms with Crippen LogP contribution in [0.5, 0.6) is 0 Å². The van der Waals surface area contributed by atoms with Crippen molar-refractivity contribution < 1.29 is 27.4 Å². The lowest BCUT2D eigenvalue weighted by Crippen LogP contribution is -2.56. The number of benzene rings is 2. The number of ether oxygens (including phenoxy) is 4. The molecule has 236 valence electrons. The Labute approximate surface area is 258 Å². The third-order valence-electron chi connectivity index (χ3n) is 8.42. The molecule has 2 heterocycles. The van der Waals surface area contributed by atoms with Gasteiger partial charge in [0.05, 0.1) is 31.7 Å². The molecule has 3 atom stereocenters. The van der Waals surface area contributed by atoms with Crippen LogP contribution in [-0.2, 0) is 42.4 Å². The minimum Gasteiger partial charge on any atom is -0.368 e. The molecule has 0 N–H and O–H groups in total. The molecule has 1 saturated heterocycles. The van der Waals surface area contributed by atoms with Crippen LogP contribution in [0.25, 0.3) is 0 Å². The van der Waals surface area contributed by atoms with Crippen molar-refractivity contribution in [1.82, 2.24) is 13.3 Å². The van der Waals surface area contributed by atoms with Gasteiger partial charge in [-0.15, -0.1) is 0 Å². The van der Waals surface area contributed by atoms with E-state index in [9.17, 15) is 8.42 Å². The third kappa shape index (κ3) is 7.47. The summed E-state index contributed by atoms with van der Waals surface area (Å²) in [5.74, 6) is -0.828. The van der Waals surface area contributed by atoms with E-state index in [2.05, 4.69) is 33.9 Å². The molecule has 43 heavy (non-hydrogen) atoms. The zero-order valence-electron chi connectivity index (χ0n) is 26.9. The largest absolute Gasteiger partial charge is 0.368 e. The van der Waals surface area contributed by atoms with Crippen molar-refractivity contribution in [2.75, 3.05) is 20.7 Å². The standard InChI is InChI=1S/C32H47N3O6SSi/c1-31(2,3)43(8,9)30-33-20-26(35(30)42(36,37)34(6)7)28(38-21-24-16-12-10-13-17-24)29(27-23-40-32(4,5)41-27)39-22-25-18-14-11-15-19-25/h10-20,27-29H,21-23H2,1-9H3/t27-,28+,29-/m0/s1. The van der Waals surface area contributed by atoms with Crippen LogP contribution in [-0.4, -0.2) is 68.5 Å². The Kier molecular flexibility index (Phi) is 10.1. The topological polar surface area (TPSA) is 92.1 Å². The Balaban J connectivity index is 1.89. The molecule has 9 nitrogen and oxygen atoms in total. The van der Waals surface area contributed by atoms with E-state index in [4.69, 9.17) is 23.9 Å². The average Bonchev–Trinajstić information content (AvgIpc) is 3.55. The van der Waals surface area contributed by atoms with Crippen LogP contribution in [0.3, 0.4) is 0 Å². The lowest BCUT2D eigenvalue weighted by molar-refractivity contribution is -0.181. The van der Waals surface area contributed by atoms with Crippen molar-refractivity contribution in [1.29, 1.82) is 0 Å². The first-order valence-electron chi connectivity index (χ1n) is 14.7. The van der Waals surface area contributed by atoms with Crippen LogP contribution in [0, 0.1) is 0 Å². The Morgan fingerprint density at radius 2 is 1.53 bits per heavy atom. The zero-order chi connectivity index (χ0) is 31.6.